The number of urea groups is 1. The number of imide groups is 1. The van der Waals surface area contributed by atoms with Gasteiger partial charge in [-0.15, -0.1) is 0 Å². The average Bonchev–Trinajstić information content (AvgIpc) is 2.46. The van der Waals surface area contributed by atoms with E-state index in [2.05, 4.69) is 21.2 Å². The zero-order valence-corrected chi connectivity index (χ0v) is 13.1. The SMILES string of the molecule is CNC(=O)NC(=O)[C@@H](C)OC(=O)/C=C/c1ccccc1Br. The minimum absolute atomic E-state index is 0.661. The van der Waals surface area contributed by atoms with Crippen LogP contribution in [0.15, 0.2) is 34.8 Å². The van der Waals surface area contributed by atoms with Crippen LogP contribution in [0.5, 0.6) is 0 Å². The maximum atomic E-state index is 11.6. The van der Waals surface area contributed by atoms with E-state index in [-0.39, 0.29) is 0 Å². The minimum atomic E-state index is -1.07. The zero-order valence-electron chi connectivity index (χ0n) is 11.6. The summed E-state index contributed by atoms with van der Waals surface area (Å²) in [4.78, 5) is 34.0. The summed E-state index contributed by atoms with van der Waals surface area (Å²) in [5, 5.41) is 4.25. The monoisotopic (exact) mass is 354 g/mol. The van der Waals surface area contributed by atoms with E-state index >= 15 is 0 Å². The van der Waals surface area contributed by atoms with Crippen molar-refractivity contribution in [3.63, 3.8) is 0 Å². The zero-order chi connectivity index (χ0) is 15.8. The van der Waals surface area contributed by atoms with Gasteiger partial charge in [0.05, 0.1) is 0 Å². The van der Waals surface area contributed by atoms with Crippen molar-refractivity contribution in [1.29, 1.82) is 0 Å². The maximum Gasteiger partial charge on any atom is 0.331 e. The van der Waals surface area contributed by atoms with Crippen molar-refractivity contribution >= 4 is 39.9 Å². The fraction of sp³-hybridized carbons (Fsp3) is 0.214. The number of halogens is 1. The molecule has 1 aromatic carbocycles. The topological polar surface area (TPSA) is 84.5 Å². The highest BCUT2D eigenvalue weighted by Gasteiger charge is 2.18. The van der Waals surface area contributed by atoms with E-state index in [1.807, 2.05) is 29.6 Å². The Bertz CT molecular complexity index is 572. The third-order valence-corrected chi connectivity index (χ3v) is 3.15. The van der Waals surface area contributed by atoms with Crippen molar-refractivity contribution in [3.8, 4) is 0 Å². The Kier molecular flexibility index (Phi) is 6.61. The molecule has 0 aromatic heterocycles. The minimum Gasteiger partial charge on any atom is -0.449 e. The molecule has 112 valence electrons. The average molecular weight is 355 g/mol. The van der Waals surface area contributed by atoms with Crippen LogP contribution in [-0.2, 0) is 14.3 Å². The van der Waals surface area contributed by atoms with Gasteiger partial charge in [0.25, 0.3) is 5.91 Å². The van der Waals surface area contributed by atoms with E-state index in [4.69, 9.17) is 4.74 Å². The molecule has 0 heterocycles. The van der Waals surface area contributed by atoms with E-state index < -0.39 is 24.0 Å². The summed E-state index contributed by atoms with van der Waals surface area (Å²) in [6, 6.07) is 6.67. The van der Waals surface area contributed by atoms with Crippen LogP contribution in [0.1, 0.15) is 12.5 Å². The number of rotatable bonds is 4. The first-order valence-electron chi connectivity index (χ1n) is 6.10. The molecule has 0 aliphatic carbocycles. The van der Waals surface area contributed by atoms with Crippen LogP contribution in [0.25, 0.3) is 6.08 Å². The van der Waals surface area contributed by atoms with Crippen molar-refractivity contribution in [2.75, 3.05) is 7.05 Å². The summed E-state index contributed by atoms with van der Waals surface area (Å²) in [7, 11) is 1.37. The molecule has 1 atom stereocenters. The van der Waals surface area contributed by atoms with Crippen LogP contribution in [0.4, 0.5) is 4.79 Å². The highest BCUT2D eigenvalue weighted by atomic mass is 79.9. The molecular weight excluding hydrogens is 340 g/mol. The second-order valence-electron chi connectivity index (χ2n) is 4.00. The number of amides is 3. The predicted octanol–water partition coefficient (Wildman–Crippen LogP) is 1.85. The Hall–Kier alpha value is -2.15. The highest BCUT2D eigenvalue weighted by molar-refractivity contribution is 9.10. The molecule has 6 nitrogen and oxygen atoms in total. The number of carbonyl (C=O) groups excluding carboxylic acids is 3. The summed E-state index contributed by atoms with van der Waals surface area (Å²) in [6.07, 6.45) is 1.71. The van der Waals surface area contributed by atoms with Gasteiger partial charge >= 0.3 is 12.0 Å². The van der Waals surface area contributed by atoms with Crippen molar-refractivity contribution in [2.24, 2.45) is 0 Å². The Balaban J connectivity index is 2.55. The lowest BCUT2D eigenvalue weighted by Crippen LogP contribution is -2.43. The molecule has 3 amide bonds. The van der Waals surface area contributed by atoms with Crippen LogP contribution < -0.4 is 10.6 Å². The summed E-state index contributed by atoms with van der Waals surface area (Å²) >= 11 is 3.34. The quantitative estimate of drug-likeness (QED) is 0.638. The second kappa shape index (κ2) is 8.21. The molecule has 0 unspecified atom stereocenters. The van der Waals surface area contributed by atoms with Gasteiger partial charge in [0.1, 0.15) is 0 Å². The predicted molar refractivity (Wildman–Crippen MR) is 81.3 cm³/mol. The van der Waals surface area contributed by atoms with E-state index in [1.54, 1.807) is 6.08 Å². The fourth-order valence-corrected chi connectivity index (χ4v) is 1.73. The van der Waals surface area contributed by atoms with Gasteiger partial charge in [-0.2, -0.15) is 0 Å². The normalized spacial score (nSPS) is 11.8. The first-order chi connectivity index (χ1) is 9.93. The number of hydrogen-bond acceptors (Lipinski definition) is 4. The number of hydrogen-bond donors (Lipinski definition) is 2. The number of esters is 1. The molecule has 7 heteroatoms. The lowest BCUT2D eigenvalue weighted by atomic mass is 10.2. The molecule has 0 radical (unpaired) electrons. The molecule has 0 saturated heterocycles. The highest BCUT2D eigenvalue weighted by Crippen LogP contribution is 2.17. The molecule has 0 aliphatic rings. The molecule has 0 bridgehead atoms. The van der Waals surface area contributed by atoms with Gasteiger partial charge in [0.2, 0.25) is 0 Å². The Morgan fingerprint density at radius 2 is 1.95 bits per heavy atom. The van der Waals surface area contributed by atoms with Crippen LogP contribution in [0.2, 0.25) is 0 Å². The first-order valence-corrected chi connectivity index (χ1v) is 6.89. The van der Waals surface area contributed by atoms with Crippen molar-refractivity contribution in [3.05, 3.63) is 40.4 Å². The Morgan fingerprint density at radius 3 is 2.57 bits per heavy atom. The van der Waals surface area contributed by atoms with Gasteiger partial charge in [-0.3, -0.25) is 10.1 Å². The second-order valence-corrected chi connectivity index (χ2v) is 4.86. The number of carbonyl (C=O) groups is 3. The van der Waals surface area contributed by atoms with Crippen LogP contribution in [0.3, 0.4) is 0 Å². The molecule has 0 fully saturated rings. The van der Waals surface area contributed by atoms with Gasteiger partial charge in [-0.1, -0.05) is 34.1 Å². The number of ether oxygens (including phenoxy) is 1. The smallest absolute Gasteiger partial charge is 0.331 e. The summed E-state index contributed by atoms with van der Waals surface area (Å²) in [5.41, 5.74) is 0.803. The maximum absolute atomic E-state index is 11.6. The molecular formula is C14H15BrN2O4. The van der Waals surface area contributed by atoms with Crippen molar-refractivity contribution < 1.29 is 19.1 Å². The molecule has 1 aromatic rings. The summed E-state index contributed by atoms with van der Waals surface area (Å²) < 4.78 is 5.72. The van der Waals surface area contributed by atoms with Crippen molar-refractivity contribution in [1.82, 2.24) is 10.6 Å². The van der Waals surface area contributed by atoms with Gasteiger partial charge in [0, 0.05) is 17.6 Å². The molecule has 21 heavy (non-hydrogen) atoms. The third kappa shape index (κ3) is 5.78. The Morgan fingerprint density at radius 1 is 1.29 bits per heavy atom. The van der Waals surface area contributed by atoms with Gasteiger partial charge < -0.3 is 10.1 Å². The van der Waals surface area contributed by atoms with Gasteiger partial charge in [0.15, 0.2) is 6.10 Å². The number of nitrogens with one attached hydrogen (secondary N) is 2. The lowest BCUT2D eigenvalue weighted by molar-refractivity contribution is -0.149. The molecule has 0 saturated carbocycles. The van der Waals surface area contributed by atoms with E-state index in [0.29, 0.717) is 0 Å². The van der Waals surface area contributed by atoms with E-state index in [9.17, 15) is 14.4 Å². The van der Waals surface area contributed by atoms with E-state index in [0.717, 1.165) is 10.0 Å². The van der Waals surface area contributed by atoms with E-state index in [1.165, 1.54) is 20.0 Å². The molecule has 0 spiro atoms. The van der Waals surface area contributed by atoms with Gasteiger partial charge in [-0.25, -0.2) is 9.59 Å². The fourth-order valence-electron chi connectivity index (χ4n) is 1.31. The lowest BCUT2D eigenvalue weighted by Gasteiger charge is -2.11. The molecule has 1 rings (SSSR count). The molecule has 0 aliphatic heterocycles. The standard InChI is InChI=1S/C14H15BrN2O4/c1-9(13(19)17-14(20)16-2)21-12(18)8-7-10-5-3-4-6-11(10)15/h3-9H,1-2H3,(H2,16,17,19,20)/b8-7+/t9-/m1/s1. The van der Waals surface area contributed by atoms with Crippen molar-refractivity contribution in [2.45, 2.75) is 13.0 Å². The summed E-state index contributed by atoms with van der Waals surface area (Å²) in [6.45, 7) is 1.38. The largest absolute Gasteiger partial charge is 0.449 e. The first kappa shape index (κ1) is 16.9. The van der Waals surface area contributed by atoms with Crippen LogP contribution in [-0.4, -0.2) is 31.1 Å². The Labute approximate surface area is 130 Å². The van der Waals surface area contributed by atoms with Crippen LogP contribution >= 0.6 is 15.9 Å². The number of benzene rings is 1. The molecule has 2 N–H and O–H groups in total. The van der Waals surface area contributed by atoms with Crippen LogP contribution in [0, 0.1) is 0 Å². The van der Waals surface area contributed by atoms with Gasteiger partial charge in [-0.05, 0) is 24.6 Å². The summed E-state index contributed by atoms with van der Waals surface area (Å²) in [5.74, 6) is -1.37. The third-order valence-electron chi connectivity index (χ3n) is 2.43.